The number of pyridine rings is 1. The maximum absolute atomic E-state index is 12.9. The molecule has 0 bridgehead atoms. The van der Waals surface area contributed by atoms with E-state index in [4.69, 9.17) is 9.47 Å². The number of carboxylic acid groups (broad SMARTS) is 1. The van der Waals surface area contributed by atoms with Crippen LogP contribution in [0.1, 0.15) is 29.0 Å². The second-order valence-electron chi connectivity index (χ2n) is 8.28. The van der Waals surface area contributed by atoms with E-state index in [0.29, 0.717) is 6.42 Å². The molecule has 5 rings (SSSR count). The van der Waals surface area contributed by atoms with Crippen molar-refractivity contribution in [2.24, 2.45) is 0 Å². The molecular weight excluding hydrogens is 420 g/mol. The molecule has 0 radical (unpaired) electrons. The van der Waals surface area contributed by atoms with Gasteiger partial charge in [-0.15, -0.1) is 0 Å². The van der Waals surface area contributed by atoms with Gasteiger partial charge in [0.05, 0.1) is 12.7 Å². The third-order valence-electron chi connectivity index (χ3n) is 6.35. The fourth-order valence-corrected chi connectivity index (χ4v) is 4.80. The van der Waals surface area contributed by atoms with Crippen molar-refractivity contribution in [3.8, 4) is 11.1 Å². The number of rotatable bonds is 6. The summed E-state index contributed by atoms with van der Waals surface area (Å²) < 4.78 is 11.5. The Bertz CT molecular complexity index is 1120. The SMILES string of the molecule is O=C(O)[C@H]1[C@H](OCc2cccnc2)CCN1C(=O)OCC1c2ccccc2-c2ccccc21. The van der Waals surface area contributed by atoms with Crippen LogP contribution < -0.4 is 0 Å². The lowest BCUT2D eigenvalue weighted by atomic mass is 9.98. The van der Waals surface area contributed by atoms with Gasteiger partial charge in [0.15, 0.2) is 6.04 Å². The average molecular weight is 444 g/mol. The minimum atomic E-state index is -1.10. The second-order valence-corrected chi connectivity index (χ2v) is 8.28. The van der Waals surface area contributed by atoms with Crippen LogP contribution in [-0.4, -0.2) is 52.4 Å². The van der Waals surface area contributed by atoms with E-state index in [-0.39, 0.29) is 25.7 Å². The first-order valence-corrected chi connectivity index (χ1v) is 11.0. The Kier molecular flexibility index (Phi) is 5.79. The van der Waals surface area contributed by atoms with Crippen LogP contribution in [0.2, 0.25) is 0 Å². The number of carbonyl (C=O) groups excluding carboxylic acids is 1. The summed E-state index contributed by atoms with van der Waals surface area (Å²) in [5.74, 6) is -1.18. The Morgan fingerprint density at radius 2 is 1.70 bits per heavy atom. The number of aromatic nitrogens is 1. The Hall–Kier alpha value is -3.71. The van der Waals surface area contributed by atoms with E-state index in [1.807, 2.05) is 42.5 Å². The predicted octanol–water partition coefficient (Wildman–Crippen LogP) is 4.07. The topological polar surface area (TPSA) is 89.0 Å². The minimum absolute atomic E-state index is 0.0788. The number of carboxylic acids is 1. The molecule has 2 aromatic carbocycles. The zero-order chi connectivity index (χ0) is 22.8. The summed E-state index contributed by atoms with van der Waals surface area (Å²) >= 11 is 0. The molecule has 7 nitrogen and oxygen atoms in total. The average Bonchev–Trinajstić information content (AvgIpc) is 3.42. The summed E-state index contributed by atoms with van der Waals surface area (Å²) in [6.45, 7) is 0.656. The fourth-order valence-electron chi connectivity index (χ4n) is 4.80. The number of fused-ring (bicyclic) bond motifs is 3. The predicted molar refractivity (Wildman–Crippen MR) is 121 cm³/mol. The smallest absolute Gasteiger partial charge is 0.410 e. The third kappa shape index (κ3) is 4.07. The molecular formula is C26H24N2O5. The summed E-state index contributed by atoms with van der Waals surface area (Å²) in [5, 5.41) is 9.80. The molecule has 7 heteroatoms. The maximum Gasteiger partial charge on any atom is 0.410 e. The number of carbonyl (C=O) groups is 2. The van der Waals surface area contributed by atoms with E-state index in [1.165, 1.54) is 4.90 Å². The quantitative estimate of drug-likeness (QED) is 0.616. The van der Waals surface area contributed by atoms with E-state index in [2.05, 4.69) is 17.1 Å². The third-order valence-corrected chi connectivity index (χ3v) is 6.35. The maximum atomic E-state index is 12.9. The summed E-state index contributed by atoms with van der Waals surface area (Å²) in [4.78, 5) is 30.2. The van der Waals surface area contributed by atoms with Crippen molar-refractivity contribution in [2.45, 2.75) is 31.1 Å². The van der Waals surface area contributed by atoms with Crippen molar-refractivity contribution in [3.63, 3.8) is 0 Å². The van der Waals surface area contributed by atoms with E-state index in [9.17, 15) is 14.7 Å². The summed E-state index contributed by atoms with van der Waals surface area (Å²) in [6.07, 6.45) is 2.54. The molecule has 1 fully saturated rings. The van der Waals surface area contributed by atoms with Gasteiger partial charge >= 0.3 is 12.1 Å². The molecule has 1 aliphatic heterocycles. The zero-order valence-electron chi connectivity index (χ0n) is 18.0. The highest BCUT2D eigenvalue weighted by Crippen LogP contribution is 2.44. The van der Waals surface area contributed by atoms with E-state index in [0.717, 1.165) is 27.8 Å². The van der Waals surface area contributed by atoms with Gasteiger partial charge in [0, 0.05) is 24.9 Å². The van der Waals surface area contributed by atoms with Gasteiger partial charge in [0.2, 0.25) is 0 Å². The van der Waals surface area contributed by atoms with Gasteiger partial charge in [-0.05, 0) is 40.3 Å². The van der Waals surface area contributed by atoms with Gasteiger partial charge in [0.25, 0.3) is 0 Å². The molecule has 33 heavy (non-hydrogen) atoms. The van der Waals surface area contributed by atoms with Crippen molar-refractivity contribution in [2.75, 3.05) is 13.2 Å². The minimum Gasteiger partial charge on any atom is -0.480 e. The van der Waals surface area contributed by atoms with Crippen LogP contribution in [0.4, 0.5) is 4.79 Å². The first-order valence-electron chi connectivity index (χ1n) is 11.0. The molecule has 2 aliphatic rings. The Labute approximate surface area is 191 Å². The lowest BCUT2D eigenvalue weighted by molar-refractivity contribution is -0.146. The first kappa shape index (κ1) is 21.2. The van der Waals surface area contributed by atoms with Crippen LogP contribution in [0.25, 0.3) is 11.1 Å². The number of likely N-dealkylation sites (tertiary alicyclic amines) is 1. The van der Waals surface area contributed by atoms with Crippen molar-refractivity contribution in [3.05, 3.63) is 89.7 Å². The summed E-state index contributed by atoms with van der Waals surface area (Å²) in [5.41, 5.74) is 5.35. The number of nitrogens with zero attached hydrogens (tertiary/aromatic N) is 2. The van der Waals surface area contributed by atoms with Crippen LogP contribution in [0.5, 0.6) is 0 Å². The van der Waals surface area contributed by atoms with Gasteiger partial charge < -0.3 is 14.6 Å². The van der Waals surface area contributed by atoms with Gasteiger partial charge in [-0.3, -0.25) is 9.88 Å². The number of ether oxygens (including phenoxy) is 2. The molecule has 168 valence electrons. The Morgan fingerprint density at radius 1 is 1.00 bits per heavy atom. The Morgan fingerprint density at radius 3 is 2.33 bits per heavy atom. The highest BCUT2D eigenvalue weighted by molar-refractivity contribution is 5.82. The molecule has 0 spiro atoms. The van der Waals surface area contributed by atoms with Crippen LogP contribution in [0, 0.1) is 0 Å². The molecule has 1 N–H and O–H groups in total. The standard InChI is InChI=1S/C26H24N2O5/c29-25(30)24-23(32-15-17-6-5-12-27-14-17)11-13-28(24)26(31)33-16-22-20-9-3-1-7-18(20)19-8-2-4-10-21(19)22/h1-10,12,14,22-24H,11,13,15-16H2,(H,29,30)/t23-,24-/m1/s1. The molecule has 2 heterocycles. The number of hydrogen-bond donors (Lipinski definition) is 1. The molecule has 0 saturated carbocycles. The van der Waals surface area contributed by atoms with Crippen molar-refractivity contribution >= 4 is 12.1 Å². The van der Waals surface area contributed by atoms with Crippen molar-refractivity contribution in [1.29, 1.82) is 0 Å². The van der Waals surface area contributed by atoms with E-state index in [1.54, 1.807) is 18.5 Å². The lowest BCUT2D eigenvalue weighted by Gasteiger charge is -2.25. The lowest BCUT2D eigenvalue weighted by Crippen LogP contribution is -2.46. The van der Waals surface area contributed by atoms with Crippen LogP contribution >= 0.6 is 0 Å². The van der Waals surface area contributed by atoms with Crippen molar-refractivity contribution < 1.29 is 24.2 Å². The number of aliphatic carboxylic acids is 1. The fraction of sp³-hybridized carbons (Fsp3) is 0.269. The zero-order valence-corrected chi connectivity index (χ0v) is 18.0. The largest absolute Gasteiger partial charge is 0.480 e. The van der Waals surface area contributed by atoms with Crippen LogP contribution in [-0.2, 0) is 20.9 Å². The van der Waals surface area contributed by atoms with Crippen LogP contribution in [0.15, 0.2) is 73.1 Å². The highest BCUT2D eigenvalue weighted by Gasteiger charge is 2.44. The molecule has 1 saturated heterocycles. The van der Waals surface area contributed by atoms with E-state index >= 15 is 0 Å². The summed E-state index contributed by atoms with van der Waals surface area (Å²) in [6, 6.07) is 18.8. The van der Waals surface area contributed by atoms with Crippen LogP contribution in [0.3, 0.4) is 0 Å². The Balaban J connectivity index is 1.26. The first-order chi connectivity index (χ1) is 16.1. The molecule has 3 aromatic rings. The molecule has 2 atom stereocenters. The normalized spacial score (nSPS) is 19.2. The van der Waals surface area contributed by atoms with E-state index < -0.39 is 24.2 Å². The van der Waals surface area contributed by atoms with Crippen molar-refractivity contribution in [1.82, 2.24) is 9.88 Å². The van der Waals surface area contributed by atoms with Gasteiger partial charge in [-0.25, -0.2) is 9.59 Å². The number of amides is 1. The monoisotopic (exact) mass is 444 g/mol. The second kappa shape index (κ2) is 9.03. The number of benzene rings is 2. The van der Waals surface area contributed by atoms with Gasteiger partial charge in [-0.1, -0.05) is 54.6 Å². The number of hydrogen-bond acceptors (Lipinski definition) is 5. The summed E-state index contributed by atoms with van der Waals surface area (Å²) in [7, 11) is 0. The molecule has 1 aliphatic carbocycles. The molecule has 0 unspecified atom stereocenters. The van der Waals surface area contributed by atoms with Gasteiger partial charge in [-0.2, -0.15) is 0 Å². The molecule has 1 aromatic heterocycles. The molecule has 1 amide bonds. The van der Waals surface area contributed by atoms with Gasteiger partial charge in [0.1, 0.15) is 6.61 Å². The highest BCUT2D eigenvalue weighted by atomic mass is 16.6.